The Morgan fingerprint density at radius 2 is 1.00 bits per heavy atom. The first-order chi connectivity index (χ1) is 4.04. The molecule has 0 spiro atoms. The predicted molar refractivity (Wildman–Crippen MR) is 10.2 cm³/mol. The van der Waals surface area contributed by atoms with E-state index in [2.05, 4.69) is 0 Å². The van der Waals surface area contributed by atoms with Crippen molar-refractivity contribution >= 4 is 0 Å². The Hall–Kier alpha value is -0.212. The summed E-state index contributed by atoms with van der Waals surface area (Å²) in [5, 5.41) is 0. The molecule has 0 bridgehead atoms. The summed E-state index contributed by atoms with van der Waals surface area (Å²) in [4.78, 5) is 0. The first-order valence-electron chi connectivity index (χ1n) is 1.59. The van der Waals surface area contributed by atoms with Gasteiger partial charge in [0.1, 0.15) is 0 Å². The van der Waals surface area contributed by atoms with E-state index in [4.69, 9.17) is 6.80 Å². The van der Waals surface area contributed by atoms with Gasteiger partial charge in [-0.25, -0.2) is 0 Å². The summed E-state index contributed by atoms with van der Waals surface area (Å²) >= 11 is -14.4. The molecule has 11 heavy (non-hydrogen) atoms. The van der Waals surface area contributed by atoms with Crippen molar-refractivity contribution in [1.82, 2.24) is 0 Å². The maximum absolute atomic E-state index is 14.4. The summed E-state index contributed by atoms with van der Waals surface area (Å²) < 4.78 is 83.6. The Morgan fingerprint density at radius 3 is 1.00 bits per heavy atom. The summed E-state index contributed by atoms with van der Waals surface area (Å²) in [6, 6.07) is 0. The van der Waals surface area contributed by atoms with Crippen LogP contribution in [0, 0.1) is 0 Å². The third-order valence-electron chi connectivity index (χ3n) is 0.345. The molecule has 0 saturated heterocycles. The Bertz CT molecular complexity index is 397. The molecule has 4 nitrogen and oxygen atoms in total. The molecule has 0 aliphatic rings. The molecule has 0 radical (unpaired) electrons. The molecule has 0 aromatic rings. The molecule has 0 unspecified atom stereocenters. The maximum atomic E-state index is 11.2. The van der Waals surface area contributed by atoms with Gasteiger partial charge >= 0.3 is 49.5 Å². The third-order valence-corrected chi connectivity index (χ3v) is 2.82. The van der Waals surface area contributed by atoms with Gasteiger partial charge in [-0.1, -0.05) is 0 Å². The van der Waals surface area contributed by atoms with Gasteiger partial charge in [0, 0.05) is 0 Å². The van der Waals surface area contributed by atoms with Gasteiger partial charge in [0.05, 0.1) is 0 Å². The fraction of sp³-hybridized carbons (Fsp3) is 0. The number of halogens is 6. The van der Waals surface area contributed by atoms with Crippen LogP contribution < -0.4 is 0 Å². The van der Waals surface area contributed by atoms with Crippen LogP contribution in [0.5, 0.6) is 0 Å². The molecule has 0 heterocycles. The Balaban J connectivity index is 6.56. The van der Waals surface area contributed by atoms with Gasteiger partial charge in [0.15, 0.2) is 0 Å². The van der Waals surface area contributed by atoms with Crippen LogP contribution in [0.3, 0.4) is 0 Å². The van der Waals surface area contributed by atoms with Crippen molar-refractivity contribution in [2.24, 2.45) is 0 Å². The van der Waals surface area contributed by atoms with E-state index in [-0.39, 0.29) is 7.19 Å². The van der Waals surface area contributed by atoms with Crippen LogP contribution >= 0.6 is 0 Å². The van der Waals surface area contributed by atoms with Crippen LogP contribution in [0.1, 0.15) is 0 Å². The molecule has 11 heteroatoms. The molecule has 0 fully saturated rings. The zero-order valence-corrected chi connectivity index (χ0v) is 7.24. The molecule has 0 aliphatic heterocycles. The van der Waals surface area contributed by atoms with Crippen LogP contribution in [0.2, 0.25) is 0 Å². The second-order valence-corrected chi connectivity index (χ2v) is 15.5. The molecule has 72 valence electrons. The zero-order chi connectivity index (χ0) is 9.77. The summed E-state index contributed by atoms with van der Waals surface area (Å²) in [6.07, 6.45) is 0. The Kier molecular flexibility index (Phi) is 0.836. The van der Waals surface area contributed by atoms with Crippen molar-refractivity contribution in [2.75, 3.05) is 0 Å². The van der Waals surface area contributed by atoms with Gasteiger partial charge in [-0.2, -0.15) is 0 Å². The molecule has 0 amide bonds. The van der Waals surface area contributed by atoms with Crippen molar-refractivity contribution < 1.29 is 49.5 Å². The van der Waals surface area contributed by atoms with Gasteiger partial charge in [-0.15, -0.1) is 0 Å². The van der Waals surface area contributed by atoms with E-state index in [0.29, 0.717) is 0 Å². The van der Waals surface area contributed by atoms with Crippen molar-refractivity contribution in [3.05, 3.63) is 0 Å². The van der Waals surface area contributed by atoms with E-state index in [1.165, 1.54) is 0 Å². The van der Waals surface area contributed by atoms with Crippen LogP contribution in [-0.4, -0.2) is 0 Å². The molecule has 0 atom stereocenters. The van der Waals surface area contributed by atoms with E-state index >= 15 is 0 Å². The second kappa shape index (κ2) is 0.852. The normalized spacial score (nSPS) is 27.5. The molecule has 0 aliphatic carbocycles. The topological polar surface area (TPSA) is 52.6 Å². The average Bonchev–Trinajstić information content (AvgIpc) is 1.65. The fourth-order valence-corrected chi connectivity index (χ4v) is 0.0796. The van der Waals surface area contributed by atoms with E-state index in [0.717, 1.165) is 0 Å². The molecular formula is F6O4W. The van der Waals surface area contributed by atoms with Crippen LogP contribution in [0.25, 0.3) is 0 Å². The van der Waals surface area contributed by atoms with E-state index in [9.17, 15) is 21.7 Å². The summed E-state index contributed by atoms with van der Waals surface area (Å²) in [6.45, 7) is 0. The zero-order valence-electron chi connectivity index (χ0n) is 4.31. The second-order valence-electron chi connectivity index (χ2n) is 1.89. The summed E-state index contributed by atoms with van der Waals surface area (Å²) in [5.74, 6) is 0. The minimum atomic E-state index is -14.4. The summed E-state index contributed by atoms with van der Waals surface area (Å²) in [5.41, 5.74) is 0. The van der Waals surface area contributed by atoms with Crippen LogP contribution in [0.4, 0.5) is 21.7 Å². The molecule has 0 aromatic heterocycles. The number of hydrogen-bond acceptors (Lipinski definition) is 4. The standard InChI is InChI=1S/2FO.4FH.2O.W/c2*1-2;;;;;;;/h;;4*1H;;;/q2*-1;;;;;;;+6/p-4. The first-order valence-corrected chi connectivity index (χ1v) is 10.8. The fourth-order valence-electron chi connectivity index (χ4n) is 0.00972. The van der Waals surface area contributed by atoms with Crippen molar-refractivity contribution in [1.29, 1.82) is 0 Å². The van der Waals surface area contributed by atoms with Gasteiger partial charge < -0.3 is 0 Å². The quantitative estimate of drug-likeness (QED) is 0.707. The molecular weight excluding hydrogens is 362 g/mol. The van der Waals surface area contributed by atoms with E-state index < -0.39 is 13.8 Å². The van der Waals surface area contributed by atoms with Crippen LogP contribution in [-0.2, 0) is 27.8 Å². The molecule has 0 rings (SSSR count). The van der Waals surface area contributed by atoms with Crippen molar-refractivity contribution in [3.8, 4) is 0 Å². The molecule has 0 aromatic carbocycles. The first kappa shape index (κ1) is 10.8. The molecule has 0 saturated carbocycles. The van der Waals surface area contributed by atoms with E-state index in [1.807, 2.05) is 0 Å². The third kappa shape index (κ3) is 3.12. The van der Waals surface area contributed by atoms with Crippen LogP contribution in [0.15, 0.2) is 0 Å². The Morgan fingerprint density at radius 1 is 0.818 bits per heavy atom. The average molecular weight is 362 g/mol. The minimum absolute atomic E-state index is 0.139. The predicted octanol–water partition coefficient (Wildman–Crippen LogP) is 2.14. The Labute approximate surface area is 50.4 Å². The molecule has 0 N–H and O–H groups in total. The monoisotopic (exact) mass is 362 g/mol. The van der Waals surface area contributed by atoms with Gasteiger partial charge in [-0.05, 0) is 0 Å². The van der Waals surface area contributed by atoms with Gasteiger partial charge in [0.25, 0.3) is 0 Å². The van der Waals surface area contributed by atoms with Gasteiger partial charge in [-0.3, -0.25) is 0 Å². The number of rotatable bonds is 2. The van der Waals surface area contributed by atoms with E-state index in [1.54, 1.807) is 0 Å². The van der Waals surface area contributed by atoms with Gasteiger partial charge in [0.2, 0.25) is 0 Å². The van der Waals surface area contributed by atoms with Crippen molar-refractivity contribution in [2.45, 2.75) is 0 Å². The summed E-state index contributed by atoms with van der Waals surface area (Å²) in [7, 11) is 0. The number of hydrogen-bond donors (Lipinski definition) is 0. The SMILES string of the molecule is [O]=[W](=[O])([F])([F])([F])([F])([O]F)[O]F. The van der Waals surface area contributed by atoms with Crippen molar-refractivity contribution in [3.63, 3.8) is 0 Å².